The highest BCUT2D eigenvalue weighted by molar-refractivity contribution is 6.32. The van der Waals surface area contributed by atoms with Crippen LogP contribution in [-0.2, 0) is 13.1 Å². The number of rotatable bonds is 4. The van der Waals surface area contributed by atoms with Crippen LogP contribution in [0.4, 0.5) is 0 Å². The van der Waals surface area contributed by atoms with Crippen molar-refractivity contribution in [2.75, 3.05) is 52.6 Å². The molecular formula is C22H25ClN2O4. The molecule has 2 aromatic carbocycles. The third-order valence-corrected chi connectivity index (χ3v) is 5.82. The van der Waals surface area contributed by atoms with E-state index in [1.54, 1.807) is 0 Å². The van der Waals surface area contributed by atoms with E-state index in [9.17, 15) is 0 Å². The van der Waals surface area contributed by atoms with E-state index in [2.05, 4.69) is 28.0 Å². The number of hydrogen-bond acceptors (Lipinski definition) is 6. The second-order valence-electron chi connectivity index (χ2n) is 7.63. The average Bonchev–Trinajstić information content (AvgIpc) is 2.75. The first-order chi connectivity index (χ1) is 14.2. The summed E-state index contributed by atoms with van der Waals surface area (Å²) >= 11 is 6.38. The molecule has 0 radical (unpaired) electrons. The van der Waals surface area contributed by atoms with Gasteiger partial charge in [-0.2, -0.15) is 0 Å². The van der Waals surface area contributed by atoms with Gasteiger partial charge in [0.1, 0.15) is 26.4 Å². The van der Waals surface area contributed by atoms with Crippen LogP contribution in [0.25, 0.3) is 0 Å². The van der Waals surface area contributed by atoms with Gasteiger partial charge < -0.3 is 18.9 Å². The Morgan fingerprint density at radius 1 is 0.655 bits per heavy atom. The summed E-state index contributed by atoms with van der Waals surface area (Å²) in [6.45, 7) is 8.30. The largest absolute Gasteiger partial charge is 0.486 e. The summed E-state index contributed by atoms with van der Waals surface area (Å²) < 4.78 is 22.6. The molecule has 3 heterocycles. The van der Waals surface area contributed by atoms with E-state index in [0.717, 1.165) is 56.5 Å². The van der Waals surface area contributed by atoms with Crippen LogP contribution >= 0.6 is 11.6 Å². The summed E-state index contributed by atoms with van der Waals surface area (Å²) in [5.74, 6) is 3.15. The normalized spacial score (nSPS) is 19.2. The van der Waals surface area contributed by atoms with E-state index >= 15 is 0 Å². The van der Waals surface area contributed by atoms with Crippen molar-refractivity contribution in [2.24, 2.45) is 0 Å². The Morgan fingerprint density at radius 2 is 1.24 bits per heavy atom. The van der Waals surface area contributed by atoms with Gasteiger partial charge in [-0.15, -0.1) is 0 Å². The smallest absolute Gasteiger partial charge is 0.179 e. The Balaban J connectivity index is 1.16. The van der Waals surface area contributed by atoms with E-state index in [1.807, 2.05) is 12.1 Å². The summed E-state index contributed by atoms with van der Waals surface area (Å²) in [5.41, 5.74) is 2.43. The number of benzene rings is 2. The molecule has 0 aromatic heterocycles. The lowest BCUT2D eigenvalue weighted by Gasteiger charge is -2.35. The van der Waals surface area contributed by atoms with Crippen molar-refractivity contribution in [2.45, 2.75) is 13.1 Å². The molecule has 2 aromatic rings. The van der Waals surface area contributed by atoms with Gasteiger partial charge in [-0.05, 0) is 35.4 Å². The van der Waals surface area contributed by atoms with Crippen LogP contribution in [0.1, 0.15) is 11.1 Å². The quantitative estimate of drug-likeness (QED) is 0.762. The van der Waals surface area contributed by atoms with E-state index < -0.39 is 0 Å². The highest BCUT2D eigenvalue weighted by atomic mass is 35.5. The molecule has 0 saturated carbocycles. The third-order valence-electron chi connectivity index (χ3n) is 5.54. The van der Waals surface area contributed by atoms with Gasteiger partial charge in [-0.25, -0.2) is 0 Å². The van der Waals surface area contributed by atoms with Crippen molar-refractivity contribution >= 4 is 11.6 Å². The van der Waals surface area contributed by atoms with Crippen molar-refractivity contribution in [3.05, 3.63) is 46.5 Å². The predicted octanol–water partition coefficient (Wildman–Crippen LogP) is 3.20. The highest BCUT2D eigenvalue weighted by Gasteiger charge is 2.21. The monoisotopic (exact) mass is 416 g/mol. The molecular weight excluding hydrogens is 392 g/mol. The standard InChI is InChI=1S/C22H25ClN2O4/c23-18-11-17(13-21-22(18)29-10-9-28-21)15-25-5-3-24(4-6-25)14-16-1-2-19-20(12-16)27-8-7-26-19/h1-2,11-13H,3-10,14-15H2. The molecule has 6 nitrogen and oxygen atoms in total. The Kier molecular flexibility index (Phi) is 5.40. The Morgan fingerprint density at radius 3 is 2.00 bits per heavy atom. The van der Waals surface area contributed by atoms with Crippen molar-refractivity contribution in [3.63, 3.8) is 0 Å². The molecule has 29 heavy (non-hydrogen) atoms. The third kappa shape index (κ3) is 4.25. The van der Waals surface area contributed by atoms with Gasteiger partial charge in [-0.3, -0.25) is 9.80 Å². The van der Waals surface area contributed by atoms with Gasteiger partial charge >= 0.3 is 0 Å². The van der Waals surface area contributed by atoms with Gasteiger partial charge in [0.25, 0.3) is 0 Å². The number of halogens is 1. The summed E-state index contributed by atoms with van der Waals surface area (Å²) in [5, 5.41) is 0.634. The van der Waals surface area contributed by atoms with Crippen LogP contribution in [0.15, 0.2) is 30.3 Å². The fourth-order valence-electron chi connectivity index (χ4n) is 4.06. The van der Waals surface area contributed by atoms with Crippen LogP contribution in [0.3, 0.4) is 0 Å². The maximum atomic E-state index is 6.38. The minimum Gasteiger partial charge on any atom is -0.486 e. The minimum absolute atomic E-state index is 0.553. The molecule has 0 amide bonds. The maximum Gasteiger partial charge on any atom is 0.179 e. The first kappa shape index (κ1) is 18.9. The minimum atomic E-state index is 0.553. The average molecular weight is 417 g/mol. The maximum absolute atomic E-state index is 6.38. The van der Waals surface area contributed by atoms with Crippen LogP contribution in [0.2, 0.25) is 5.02 Å². The predicted molar refractivity (Wildman–Crippen MR) is 110 cm³/mol. The fourth-order valence-corrected chi connectivity index (χ4v) is 4.35. The molecule has 0 atom stereocenters. The van der Waals surface area contributed by atoms with Crippen LogP contribution < -0.4 is 18.9 Å². The van der Waals surface area contributed by atoms with Gasteiger partial charge in [-0.1, -0.05) is 17.7 Å². The summed E-state index contributed by atoms with van der Waals surface area (Å²) in [6.07, 6.45) is 0. The van der Waals surface area contributed by atoms with E-state index in [0.29, 0.717) is 37.2 Å². The topological polar surface area (TPSA) is 43.4 Å². The zero-order chi connectivity index (χ0) is 19.6. The molecule has 3 aliphatic heterocycles. The van der Waals surface area contributed by atoms with E-state index in [-0.39, 0.29) is 0 Å². The molecule has 5 rings (SSSR count). The lowest BCUT2D eigenvalue weighted by molar-refractivity contribution is 0.121. The SMILES string of the molecule is Clc1cc(CN2CCN(Cc3ccc4c(c3)OCCO4)CC2)cc2c1OCCO2. The van der Waals surface area contributed by atoms with Crippen molar-refractivity contribution in [1.29, 1.82) is 0 Å². The first-order valence-electron chi connectivity index (χ1n) is 10.2. The van der Waals surface area contributed by atoms with Gasteiger partial charge in [0.05, 0.1) is 5.02 Å². The van der Waals surface area contributed by atoms with Crippen LogP contribution in [0, 0.1) is 0 Å². The molecule has 1 saturated heterocycles. The Hall–Kier alpha value is -2.15. The fraction of sp³-hybridized carbons (Fsp3) is 0.455. The number of ether oxygens (including phenoxy) is 4. The molecule has 0 N–H and O–H groups in total. The summed E-state index contributed by atoms with van der Waals surface area (Å²) in [7, 11) is 0. The molecule has 0 unspecified atom stereocenters. The summed E-state index contributed by atoms with van der Waals surface area (Å²) in [6, 6.07) is 10.3. The highest BCUT2D eigenvalue weighted by Crippen LogP contribution is 2.38. The van der Waals surface area contributed by atoms with Gasteiger partial charge in [0.2, 0.25) is 0 Å². The second kappa shape index (κ2) is 8.30. The Labute approximate surface area is 175 Å². The molecule has 0 aliphatic carbocycles. The van der Waals surface area contributed by atoms with Crippen molar-refractivity contribution in [1.82, 2.24) is 9.80 Å². The lowest BCUT2D eigenvalue weighted by Crippen LogP contribution is -2.45. The zero-order valence-corrected chi connectivity index (χ0v) is 17.1. The van der Waals surface area contributed by atoms with Gasteiger partial charge in [0, 0.05) is 39.3 Å². The second-order valence-corrected chi connectivity index (χ2v) is 8.04. The number of piperazine rings is 1. The first-order valence-corrected chi connectivity index (χ1v) is 10.5. The van der Waals surface area contributed by atoms with Gasteiger partial charge in [0.15, 0.2) is 23.0 Å². The van der Waals surface area contributed by atoms with E-state index in [1.165, 1.54) is 11.1 Å². The molecule has 3 aliphatic rings. The van der Waals surface area contributed by atoms with Crippen molar-refractivity contribution in [3.8, 4) is 23.0 Å². The molecule has 0 spiro atoms. The zero-order valence-electron chi connectivity index (χ0n) is 16.4. The number of nitrogens with zero attached hydrogens (tertiary/aromatic N) is 2. The number of hydrogen-bond donors (Lipinski definition) is 0. The van der Waals surface area contributed by atoms with Crippen molar-refractivity contribution < 1.29 is 18.9 Å². The summed E-state index contributed by atoms with van der Waals surface area (Å²) in [4.78, 5) is 4.95. The Bertz CT molecular complexity index is 883. The van der Waals surface area contributed by atoms with Crippen LogP contribution in [0.5, 0.6) is 23.0 Å². The van der Waals surface area contributed by atoms with Crippen LogP contribution in [-0.4, -0.2) is 62.4 Å². The lowest BCUT2D eigenvalue weighted by atomic mass is 10.1. The van der Waals surface area contributed by atoms with E-state index in [4.69, 9.17) is 30.5 Å². The number of fused-ring (bicyclic) bond motifs is 2. The molecule has 0 bridgehead atoms. The molecule has 7 heteroatoms. The molecule has 1 fully saturated rings. The molecule has 154 valence electrons.